The van der Waals surface area contributed by atoms with E-state index in [2.05, 4.69) is 29.5 Å². The Morgan fingerprint density at radius 1 is 1.20 bits per heavy atom. The van der Waals surface area contributed by atoms with Crippen molar-refractivity contribution in [2.75, 3.05) is 6.61 Å². The second-order valence-corrected chi connectivity index (χ2v) is 7.97. The van der Waals surface area contributed by atoms with Crippen molar-refractivity contribution in [2.45, 2.75) is 46.6 Å². The van der Waals surface area contributed by atoms with Crippen LogP contribution in [0.5, 0.6) is 5.75 Å². The number of aryl methyl sites for hydroxylation is 3. The molecular formula is C24H26FN3O2. The second-order valence-electron chi connectivity index (χ2n) is 7.97. The predicted octanol–water partition coefficient (Wildman–Crippen LogP) is 4.43. The molecule has 2 heterocycles. The van der Waals surface area contributed by atoms with Gasteiger partial charge in [0.15, 0.2) is 0 Å². The summed E-state index contributed by atoms with van der Waals surface area (Å²) in [6.45, 7) is 8.50. The molecule has 0 spiro atoms. The van der Waals surface area contributed by atoms with E-state index in [1.165, 1.54) is 12.1 Å². The summed E-state index contributed by atoms with van der Waals surface area (Å²) in [6.07, 6.45) is 0.991. The summed E-state index contributed by atoms with van der Waals surface area (Å²) in [4.78, 5) is 12.9. The minimum absolute atomic E-state index is 0.0446. The van der Waals surface area contributed by atoms with E-state index in [9.17, 15) is 9.18 Å². The van der Waals surface area contributed by atoms with Crippen LogP contribution in [0.15, 0.2) is 36.4 Å². The summed E-state index contributed by atoms with van der Waals surface area (Å²) in [5.41, 5.74) is 6.64. The van der Waals surface area contributed by atoms with Crippen molar-refractivity contribution in [3.05, 3.63) is 75.9 Å². The zero-order valence-electron chi connectivity index (χ0n) is 17.8. The summed E-state index contributed by atoms with van der Waals surface area (Å²) < 4.78 is 20.9. The van der Waals surface area contributed by atoms with Gasteiger partial charge in [-0.3, -0.25) is 4.79 Å². The van der Waals surface area contributed by atoms with Crippen LogP contribution in [-0.2, 0) is 11.2 Å². The Kier molecular flexibility index (Phi) is 5.33. The molecule has 5 nitrogen and oxygen atoms in total. The van der Waals surface area contributed by atoms with Crippen molar-refractivity contribution in [2.24, 2.45) is 0 Å². The third kappa shape index (κ3) is 3.82. The van der Waals surface area contributed by atoms with Crippen molar-refractivity contribution in [1.29, 1.82) is 0 Å². The number of halogens is 1. The summed E-state index contributed by atoms with van der Waals surface area (Å²) in [5, 5.41) is 7.75. The lowest BCUT2D eigenvalue weighted by Crippen LogP contribution is -2.33. The van der Waals surface area contributed by atoms with Crippen LogP contribution in [0.25, 0.3) is 5.69 Å². The lowest BCUT2D eigenvalue weighted by Gasteiger charge is -2.28. The molecule has 1 N–H and O–H groups in total. The number of carbonyl (C=O) groups is 1. The summed E-state index contributed by atoms with van der Waals surface area (Å²) >= 11 is 0. The van der Waals surface area contributed by atoms with E-state index in [-0.39, 0.29) is 24.2 Å². The first-order chi connectivity index (χ1) is 14.3. The highest BCUT2D eigenvalue weighted by Crippen LogP contribution is 2.35. The molecule has 1 amide bonds. The van der Waals surface area contributed by atoms with Gasteiger partial charge in [0.05, 0.1) is 30.5 Å². The number of fused-ring (bicyclic) bond motifs is 1. The van der Waals surface area contributed by atoms with Gasteiger partial charge in [0.2, 0.25) is 5.91 Å². The summed E-state index contributed by atoms with van der Waals surface area (Å²) in [5.74, 6) is 0.549. The predicted molar refractivity (Wildman–Crippen MR) is 114 cm³/mol. The third-order valence-electron chi connectivity index (χ3n) is 5.66. The molecule has 1 aliphatic heterocycles. The number of nitrogens with one attached hydrogen (secondary N) is 1. The number of benzene rings is 2. The lowest BCUT2D eigenvalue weighted by atomic mass is 9.95. The smallest absolute Gasteiger partial charge is 0.225 e. The molecule has 3 aromatic rings. The minimum atomic E-state index is -0.290. The summed E-state index contributed by atoms with van der Waals surface area (Å²) in [7, 11) is 0. The van der Waals surface area contributed by atoms with Gasteiger partial charge in [-0.2, -0.15) is 5.10 Å². The number of ether oxygens (including phenoxy) is 1. The van der Waals surface area contributed by atoms with Gasteiger partial charge in [-0.05, 0) is 57.5 Å². The van der Waals surface area contributed by atoms with E-state index in [1.807, 2.05) is 20.8 Å². The molecule has 0 saturated carbocycles. The molecule has 2 aromatic carbocycles. The van der Waals surface area contributed by atoms with Gasteiger partial charge in [0, 0.05) is 23.2 Å². The molecule has 0 radical (unpaired) electrons. The first kappa shape index (κ1) is 20.1. The number of hydrogen-bond donors (Lipinski definition) is 1. The average Bonchev–Trinajstić information content (AvgIpc) is 2.97. The maximum absolute atomic E-state index is 13.2. The minimum Gasteiger partial charge on any atom is -0.493 e. The first-order valence-corrected chi connectivity index (χ1v) is 10.2. The van der Waals surface area contributed by atoms with Crippen molar-refractivity contribution in [3.63, 3.8) is 0 Å². The van der Waals surface area contributed by atoms with Gasteiger partial charge in [0.25, 0.3) is 0 Å². The molecule has 0 saturated heterocycles. The quantitative estimate of drug-likeness (QED) is 0.696. The average molecular weight is 407 g/mol. The number of carbonyl (C=O) groups excluding carboxylic acids is 1. The van der Waals surface area contributed by atoms with Crippen LogP contribution in [0.1, 0.15) is 46.1 Å². The highest BCUT2D eigenvalue weighted by Gasteiger charge is 2.25. The number of rotatable bonds is 4. The maximum Gasteiger partial charge on any atom is 0.225 e. The number of amides is 1. The van der Waals surface area contributed by atoms with Gasteiger partial charge in [0.1, 0.15) is 11.6 Å². The second kappa shape index (κ2) is 7.94. The van der Waals surface area contributed by atoms with Gasteiger partial charge in [-0.25, -0.2) is 9.07 Å². The third-order valence-corrected chi connectivity index (χ3v) is 5.66. The lowest BCUT2D eigenvalue weighted by molar-refractivity contribution is -0.121. The summed E-state index contributed by atoms with van der Waals surface area (Å²) in [6, 6.07) is 10.3. The molecule has 1 unspecified atom stereocenters. The molecule has 0 fully saturated rings. The number of nitrogens with zero attached hydrogens (tertiary/aromatic N) is 2. The molecule has 0 bridgehead atoms. The Labute approximate surface area is 175 Å². The molecule has 1 aromatic heterocycles. The Morgan fingerprint density at radius 3 is 2.67 bits per heavy atom. The van der Waals surface area contributed by atoms with Gasteiger partial charge in [-0.1, -0.05) is 17.7 Å². The number of hydrogen-bond acceptors (Lipinski definition) is 3. The topological polar surface area (TPSA) is 56.2 Å². The van der Waals surface area contributed by atoms with Crippen LogP contribution in [0, 0.1) is 33.5 Å². The first-order valence-electron chi connectivity index (χ1n) is 10.2. The maximum atomic E-state index is 13.2. The molecule has 156 valence electrons. The zero-order valence-corrected chi connectivity index (χ0v) is 17.8. The normalized spacial score (nSPS) is 15.4. The van der Waals surface area contributed by atoms with Crippen LogP contribution in [-0.4, -0.2) is 22.3 Å². The largest absolute Gasteiger partial charge is 0.493 e. The van der Waals surface area contributed by atoms with Crippen molar-refractivity contribution < 1.29 is 13.9 Å². The van der Waals surface area contributed by atoms with E-state index in [0.29, 0.717) is 6.61 Å². The zero-order chi connectivity index (χ0) is 21.4. The molecule has 30 heavy (non-hydrogen) atoms. The van der Waals surface area contributed by atoms with Crippen LogP contribution in [0.4, 0.5) is 4.39 Å². The van der Waals surface area contributed by atoms with E-state index >= 15 is 0 Å². The fraction of sp³-hybridized carbons (Fsp3) is 0.333. The fourth-order valence-corrected chi connectivity index (χ4v) is 4.20. The van der Waals surface area contributed by atoms with Crippen LogP contribution in [0.3, 0.4) is 0 Å². The van der Waals surface area contributed by atoms with Gasteiger partial charge >= 0.3 is 0 Å². The van der Waals surface area contributed by atoms with Crippen molar-refractivity contribution in [1.82, 2.24) is 15.1 Å². The molecule has 1 atom stereocenters. The highest BCUT2D eigenvalue weighted by molar-refractivity contribution is 5.80. The monoisotopic (exact) mass is 407 g/mol. The van der Waals surface area contributed by atoms with E-state index in [1.54, 1.807) is 16.8 Å². The molecule has 4 rings (SSSR count). The Hall–Kier alpha value is -3.15. The Morgan fingerprint density at radius 2 is 1.93 bits per heavy atom. The number of aromatic nitrogens is 2. The SMILES string of the molecule is Cc1cc(C)c2c(c1)C(NC(=O)Cc1c(C)nn(-c3ccc(F)cc3)c1C)CCO2. The fourth-order valence-electron chi connectivity index (χ4n) is 4.20. The molecule has 0 aliphatic carbocycles. The highest BCUT2D eigenvalue weighted by atomic mass is 19.1. The van der Waals surface area contributed by atoms with E-state index < -0.39 is 0 Å². The van der Waals surface area contributed by atoms with Gasteiger partial charge in [-0.15, -0.1) is 0 Å². The molecule has 1 aliphatic rings. The standard InChI is InChI=1S/C24H26FN3O2/c1-14-11-15(2)24-21(12-14)22(9-10-30-24)26-23(29)13-20-16(3)27-28(17(20)4)19-7-5-18(25)6-8-19/h5-8,11-12,22H,9-10,13H2,1-4H3,(H,26,29). The van der Waals surface area contributed by atoms with E-state index in [0.717, 1.165) is 51.5 Å². The van der Waals surface area contributed by atoms with Crippen LogP contribution in [0.2, 0.25) is 0 Å². The van der Waals surface area contributed by atoms with Gasteiger partial charge < -0.3 is 10.1 Å². The van der Waals surface area contributed by atoms with Crippen molar-refractivity contribution >= 4 is 5.91 Å². The Balaban J connectivity index is 1.54. The van der Waals surface area contributed by atoms with Crippen LogP contribution < -0.4 is 10.1 Å². The molecule has 6 heteroatoms. The van der Waals surface area contributed by atoms with Crippen LogP contribution >= 0.6 is 0 Å². The van der Waals surface area contributed by atoms with E-state index in [4.69, 9.17) is 4.74 Å². The molecular weight excluding hydrogens is 381 g/mol. The Bertz CT molecular complexity index is 1100. The van der Waals surface area contributed by atoms with Crippen molar-refractivity contribution in [3.8, 4) is 11.4 Å².